The van der Waals surface area contributed by atoms with Gasteiger partial charge in [0.25, 0.3) is 5.78 Å². The molecule has 0 unspecified atom stereocenters. The van der Waals surface area contributed by atoms with Crippen LogP contribution in [0.1, 0.15) is 39.7 Å². The molecule has 9 nitrogen and oxygen atoms in total. The maximum Gasteiger partial charge on any atom is 0.350 e. The number of anilines is 1. The SMILES string of the molecule is CCOc1ccc(C(O)=C2C(=O)C(=O)N(c3nc(C)c(C(=O)OC)s3)[C@H]2c2ccco2)cc1. The molecule has 0 aliphatic carbocycles. The Bertz CT molecular complexity index is 1240. The molecule has 170 valence electrons. The quantitative estimate of drug-likeness (QED) is 0.251. The molecule has 1 aromatic carbocycles. The maximum atomic E-state index is 13.1. The molecule has 1 N–H and O–H groups in total. The molecule has 0 radical (unpaired) electrons. The summed E-state index contributed by atoms with van der Waals surface area (Å²) in [5.41, 5.74) is 0.540. The molecule has 2 aromatic heterocycles. The highest BCUT2D eigenvalue weighted by molar-refractivity contribution is 7.17. The average Bonchev–Trinajstić information content (AvgIpc) is 3.53. The van der Waals surface area contributed by atoms with Gasteiger partial charge < -0.3 is 19.0 Å². The lowest BCUT2D eigenvalue weighted by Crippen LogP contribution is -2.29. The summed E-state index contributed by atoms with van der Waals surface area (Å²) in [6.45, 7) is 3.94. The van der Waals surface area contributed by atoms with Gasteiger partial charge in [-0.05, 0) is 50.2 Å². The Morgan fingerprint density at radius 2 is 1.97 bits per heavy atom. The lowest BCUT2D eigenvalue weighted by molar-refractivity contribution is -0.132. The van der Waals surface area contributed by atoms with Crippen LogP contribution in [0.2, 0.25) is 0 Å². The predicted molar refractivity (Wildman–Crippen MR) is 119 cm³/mol. The number of aryl methyl sites for hydroxylation is 1. The van der Waals surface area contributed by atoms with Crippen LogP contribution < -0.4 is 9.64 Å². The second-order valence-corrected chi connectivity index (χ2v) is 8.02. The molecule has 0 saturated carbocycles. The fourth-order valence-corrected chi connectivity index (χ4v) is 4.56. The fourth-order valence-electron chi connectivity index (χ4n) is 3.54. The average molecular weight is 468 g/mol. The van der Waals surface area contributed by atoms with Gasteiger partial charge in [0, 0.05) is 5.56 Å². The number of furan rings is 1. The highest BCUT2D eigenvalue weighted by atomic mass is 32.1. The second-order valence-electron chi connectivity index (χ2n) is 7.04. The van der Waals surface area contributed by atoms with Gasteiger partial charge in [0.15, 0.2) is 5.13 Å². The van der Waals surface area contributed by atoms with Crippen LogP contribution in [0.3, 0.4) is 0 Å². The van der Waals surface area contributed by atoms with Gasteiger partial charge in [0.1, 0.15) is 28.2 Å². The molecule has 1 amide bonds. The van der Waals surface area contributed by atoms with E-state index < -0.39 is 23.7 Å². The van der Waals surface area contributed by atoms with Crippen molar-refractivity contribution in [1.82, 2.24) is 4.98 Å². The van der Waals surface area contributed by atoms with Gasteiger partial charge in [-0.2, -0.15) is 0 Å². The van der Waals surface area contributed by atoms with E-state index in [9.17, 15) is 19.5 Å². The Morgan fingerprint density at radius 3 is 2.58 bits per heavy atom. The van der Waals surface area contributed by atoms with Crippen LogP contribution in [0.15, 0.2) is 52.7 Å². The highest BCUT2D eigenvalue weighted by Crippen LogP contribution is 2.44. The van der Waals surface area contributed by atoms with Gasteiger partial charge in [0.2, 0.25) is 0 Å². The van der Waals surface area contributed by atoms with E-state index in [2.05, 4.69) is 4.98 Å². The summed E-state index contributed by atoms with van der Waals surface area (Å²) >= 11 is 0.918. The van der Waals surface area contributed by atoms with Crippen molar-refractivity contribution in [2.45, 2.75) is 19.9 Å². The lowest BCUT2D eigenvalue weighted by atomic mass is 9.99. The molecule has 1 atom stereocenters. The molecule has 3 aromatic rings. The Kier molecular flexibility index (Phi) is 6.01. The van der Waals surface area contributed by atoms with E-state index in [4.69, 9.17) is 13.9 Å². The zero-order chi connectivity index (χ0) is 23.7. The largest absolute Gasteiger partial charge is 0.507 e. The monoisotopic (exact) mass is 468 g/mol. The normalized spacial score (nSPS) is 17.4. The van der Waals surface area contributed by atoms with Crippen LogP contribution in [0.5, 0.6) is 5.75 Å². The van der Waals surface area contributed by atoms with Gasteiger partial charge in [-0.3, -0.25) is 14.5 Å². The number of thiazole rings is 1. The van der Waals surface area contributed by atoms with Crippen molar-refractivity contribution < 1.29 is 33.4 Å². The molecule has 0 bridgehead atoms. The van der Waals surface area contributed by atoms with E-state index in [0.717, 1.165) is 16.2 Å². The number of hydrogen-bond donors (Lipinski definition) is 1. The van der Waals surface area contributed by atoms with E-state index in [-0.39, 0.29) is 27.1 Å². The number of esters is 1. The van der Waals surface area contributed by atoms with Crippen molar-refractivity contribution in [3.8, 4) is 5.75 Å². The van der Waals surface area contributed by atoms with Gasteiger partial charge in [-0.15, -0.1) is 0 Å². The summed E-state index contributed by atoms with van der Waals surface area (Å²) in [5, 5.41) is 11.2. The molecular formula is C23H20N2O7S. The van der Waals surface area contributed by atoms with E-state index in [1.165, 1.54) is 13.4 Å². The number of carbonyl (C=O) groups excluding carboxylic acids is 3. The van der Waals surface area contributed by atoms with Crippen LogP contribution >= 0.6 is 11.3 Å². The summed E-state index contributed by atoms with van der Waals surface area (Å²) < 4.78 is 15.7. The zero-order valence-electron chi connectivity index (χ0n) is 18.0. The third-order valence-electron chi connectivity index (χ3n) is 5.06. The summed E-state index contributed by atoms with van der Waals surface area (Å²) in [6, 6.07) is 8.64. The number of ketones is 1. The van der Waals surface area contributed by atoms with Gasteiger partial charge in [0.05, 0.1) is 31.2 Å². The van der Waals surface area contributed by atoms with Gasteiger partial charge in [-0.25, -0.2) is 9.78 Å². The van der Waals surface area contributed by atoms with Crippen molar-refractivity contribution in [2.24, 2.45) is 0 Å². The third-order valence-corrected chi connectivity index (χ3v) is 6.19. The number of benzene rings is 1. The van der Waals surface area contributed by atoms with Crippen LogP contribution in [-0.2, 0) is 14.3 Å². The molecule has 1 aliphatic rings. The summed E-state index contributed by atoms with van der Waals surface area (Å²) in [7, 11) is 1.24. The number of rotatable bonds is 6. The number of ether oxygens (including phenoxy) is 2. The summed E-state index contributed by atoms with van der Waals surface area (Å²) in [5.74, 6) is -1.89. The van der Waals surface area contributed by atoms with Crippen molar-refractivity contribution in [2.75, 3.05) is 18.6 Å². The Morgan fingerprint density at radius 1 is 1.24 bits per heavy atom. The Balaban J connectivity index is 1.85. The lowest BCUT2D eigenvalue weighted by Gasteiger charge is -2.20. The van der Waals surface area contributed by atoms with Crippen LogP contribution in [-0.4, -0.2) is 41.5 Å². The summed E-state index contributed by atoms with van der Waals surface area (Å²) in [6.07, 6.45) is 1.40. The highest BCUT2D eigenvalue weighted by Gasteiger charge is 2.49. The number of aliphatic hydroxyl groups excluding tert-OH is 1. The van der Waals surface area contributed by atoms with Crippen LogP contribution in [0.4, 0.5) is 5.13 Å². The van der Waals surface area contributed by atoms with Crippen molar-refractivity contribution >= 4 is 39.9 Å². The first-order chi connectivity index (χ1) is 15.9. The first-order valence-electron chi connectivity index (χ1n) is 10.0. The molecule has 3 heterocycles. The first kappa shape index (κ1) is 22.3. The Hall–Kier alpha value is -3.92. The van der Waals surface area contributed by atoms with Crippen LogP contribution in [0, 0.1) is 6.92 Å². The maximum absolute atomic E-state index is 13.1. The van der Waals surface area contributed by atoms with E-state index in [1.807, 2.05) is 6.92 Å². The van der Waals surface area contributed by atoms with E-state index in [1.54, 1.807) is 43.3 Å². The third kappa shape index (κ3) is 3.89. The summed E-state index contributed by atoms with van der Waals surface area (Å²) in [4.78, 5) is 43.8. The zero-order valence-corrected chi connectivity index (χ0v) is 18.8. The number of hydrogen-bond acceptors (Lipinski definition) is 9. The second kappa shape index (κ2) is 8.91. The minimum atomic E-state index is -1.07. The molecule has 10 heteroatoms. The fraction of sp³-hybridized carbons (Fsp3) is 0.217. The van der Waals surface area contributed by atoms with Crippen molar-refractivity contribution in [3.05, 3.63) is 70.1 Å². The standard InChI is InChI=1S/C23H20N2O7S/c1-4-31-14-9-7-13(8-10-14)18(26)16-17(15-6-5-11-32-15)25(21(28)19(16)27)23-24-12(2)20(33-23)22(29)30-3/h5-11,17,26H,4H2,1-3H3/t17-/m0/s1. The first-order valence-corrected chi connectivity index (χ1v) is 10.8. The molecule has 0 spiro atoms. The van der Waals surface area contributed by atoms with Crippen molar-refractivity contribution in [3.63, 3.8) is 0 Å². The van der Waals surface area contributed by atoms with Crippen LogP contribution in [0.25, 0.3) is 5.76 Å². The minimum absolute atomic E-state index is 0.113. The van der Waals surface area contributed by atoms with E-state index in [0.29, 0.717) is 23.6 Å². The number of methoxy groups -OCH3 is 1. The van der Waals surface area contributed by atoms with E-state index >= 15 is 0 Å². The molecular weight excluding hydrogens is 448 g/mol. The topological polar surface area (TPSA) is 119 Å². The number of nitrogens with zero attached hydrogens (tertiary/aromatic N) is 2. The molecule has 4 rings (SSSR count). The molecule has 33 heavy (non-hydrogen) atoms. The predicted octanol–water partition coefficient (Wildman–Crippen LogP) is 3.86. The molecule has 1 aliphatic heterocycles. The Labute approximate surface area is 192 Å². The van der Waals surface area contributed by atoms with Crippen molar-refractivity contribution in [1.29, 1.82) is 0 Å². The number of aliphatic hydroxyl groups is 1. The smallest absolute Gasteiger partial charge is 0.350 e. The number of carbonyl (C=O) groups is 3. The van der Waals surface area contributed by atoms with Gasteiger partial charge >= 0.3 is 11.9 Å². The number of amides is 1. The molecule has 1 saturated heterocycles. The molecule has 1 fully saturated rings. The number of aromatic nitrogens is 1. The number of Topliss-reactive ketones (excluding diaryl/α,β-unsaturated/α-hetero) is 1. The van der Waals surface area contributed by atoms with Gasteiger partial charge in [-0.1, -0.05) is 11.3 Å². The minimum Gasteiger partial charge on any atom is -0.507 e.